The third-order valence-electron chi connectivity index (χ3n) is 6.86. The van der Waals surface area contributed by atoms with Gasteiger partial charge in [-0.2, -0.15) is 4.31 Å². The van der Waals surface area contributed by atoms with Gasteiger partial charge in [-0.3, -0.25) is 24.6 Å². The minimum Gasteiger partial charge on any atom is -0.274 e. The van der Waals surface area contributed by atoms with E-state index in [4.69, 9.17) is 6.42 Å². The summed E-state index contributed by atoms with van der Waals surface area (Å²) in [7, 11) is -4.07. The maximum Gasteiger partial charge on any atom is 0.289 e. The van der Waals surface area contributed by atoms with Crippen LogP contribution in [-0.4, -0.2) is 54.0 Å². The number of nitro groups is 1. The standard InChI is InChI=1S/C29H35N3O6S/c1-2-21-30(39(37,38)27-20-14-13-19-26(27)32(35)36)22-15-9-7-5-3-4-6-8-10-16-23-31-28(33)24-17-11-12-18-25(24)29(31)34/h1,11-14,17-20H,3-10,15-16,21-23H2. The van der Waals surface area contributed by atoms with Crippen LogP contribution in [-0.2, 0) is 10.0 Å². The summed E-state index contributed by atoms with van der Waals surface area (Å²) in [5, 5.41) is 11.3. The van der Waals surface area contributed by atoms with Crippen molar-refractivity contribution in [2.45, 2.75) is 69.1 Å². The van der Waals surface area contributed by atoms with Crippen LogP contribution in [0.5, 0.6) is 0 Å². The third kappa shape index (κ3) is 7.74. The molecule has 0 aliphatic carbocycles. The number of fused-ring (bicyclic) bond motifs is 1. The van der Waals surface area contributed by atoms with Gasteiger partial charge >= 0.3 is 0 Å². The molecule has 9 nitrogen and oxygen atoms in total. The summed E-state index contributed by atoms with van der Waals surface area (Å²) >= 11 is 0. The van der Waals surface area contributed by atoms with E-state index in [0.29, 0.717) is 24.1 Å². The van der Waals surface area contributed by atoms with Crippen LogP contribution in [0.25, 0.3) is 0 Å². The molecule has 0 saturated heterocycles. The van der Waals surface area contributed by atoms with Gasteiger partial charge in [-0.05, 0) is 31.0 Å². The zero-order valence-electron chi connectivity index (χ0n) is 22.1. The molecule has 0 saturated carbocycles. The minimum absolute atomic E-state index is 0.138. The molecule has 2 amide bonds. The van der Waals surface area contributed by atoms with Crippen LogP contribution in [0, 0.1) is 22.5 Å². The van der Waals surface area contributed by atoms with Crippen molar-refractivity contribution in [2.75, 3.05) is 19.6 Å². The molecule has 1 aliphatic rings. The molecular formula is C29H35N3O6S. The molecule has 1 heterocycles. The first-order valence-electron chi connectivity index (χ1n) is 13.4. The van der Waals surface area contributed by atoms with Crippen LogP contribution in [0.1, 0.15) is 84.9 Å². The van der Waals surface area contributed by atoms with Gasteiger partial charge in [-0.25, -0.2) is 8.42 Å². The predicted octanol–water partition coefficient (Wildman–Crippen LogP) is 5.42. The Bertz CT molecular complexity index is 1280. The summed E-state index contributed by atoms with van der Waals surface area (Å²) in [6, 6.07) is 12.2. The molecule has 1 aliphatic heterocycles. The van der Waals surface area contributed by atoms with Crippen LogP contribution < -0.4 is 0 Å². The number of amides is 2. The molecule has 0 bridgehead atoms. The van der Waals surface area contributed by atoms with E-state index in [2.05, 4.69) is 5.92 Å². The highest BCUT2D eigenvalue weighted by Crippen LogP contribution is 2.27. The number of imide groups is 1. The molecular weight excluding hydrogens is 518 g/mol. The van der Waals surface area contributed by atoms with Gasteiger partial charge in [0.25, 0.3) is 27.5 Å². The molecule has 0 fully saturated rings. The smallest absolute Gasteiger partial charge is 0.274 e. The van der Waals surface area contributed by atoms with E-state index in [1.54, 1.807) is 24.3 Å². The summed E-state index contributed by atoms with van der Waals surface area (Å²) in [6.07, 6.45) is 14.9. The number of benzene rings is 2. The van der Waals surface area contributed by atoms with E-state index in [-0.39, 0.29) is 29.8 Å². The lowest BCUT2D eigenvalue weighted by atomic mass is 10.1. The maximum atomic E-state index is 13.0. The van der Waals surface area contributed by atoms with Crippen LogP contribution >= 0.6 is 0 Å². The van der Waals surface area contributed by atoms with E-state index < -0.39 is 20.6 Å². The molecule has 3 rings (SSSR count). The molecule has 39 heavy (non-hydrogen) atoms. The number of para-hydroxylation sites is 1. The first-order valence-corrected chi connectivity index (χ1v) is 14.8. The van der Waals surface area contributed by atoms with Gasteiger partial charge in [0, 0.05) is 19.2 Å². The van der Waals surface area contributed by atoms with Crippen molar-refractivity contribution in [3.05, 3.63) is 69.8 Å². The number of hydrogen-bond acceptors (Lipinski definition) is 6. The SMILES string of the molecule is C#CCN(CCCCCCCCCCCCN1C(=O)c2ccccc2C1=O)S(=O)(=O)c1ccccc1[N+](=O)[O-]. The lowest BCUT2D eigenvalue weighted by Crippen LogP contribution is -2.33. The average molecular weight is 554 g/mol. The van der Waals surface area contributed by atoms with Crippen molar-refractivity contribution in [1.82, 2.24) is 9.21 Å². The largest absolute Gasteiger partial charge is 0.289 e. The molecule has 0 N–H and O–H groups in total. The number of nitrogens with zero attached hydrogens (tertiary/aromatic N) is 3. The van der Waals surface area contributed by atoms with Crippen LogP contribution in [0.3, 0.4) is 0 Å². The zero-order valence-corrected chi connectivity index (χ0v) is 22.9. The second kappa shape index (κ2) is 14.6. The lowest BCUT2D eigenvalue weighted by molar-refractivity contribution is -0.387. The van der Waals surface area contributed by atoms with E-state index in [1.165, 1.54) is 29.2 Å². The van der Waals surface area contributed by atoms with E-state index in [9.17, 15) is 28.1 Å². The van der Waals surface area contributed by atoms with E-state index >= 15 is 0 Å². The van der Waals surface area contributed by atoms with E-state index in [1.807, 2.05) is 0 Å². The van der Waals surface area contributed by atoms with Gasteiger partial charge in [0.05, 0.1) is 22.6 Å². The van der Waals surface area contributed by atoms with Crippen molar-refractivity contribution >= 4 is 27.5 Å². The highest BCUT2D eigenvalue weighted by molar-refractivity contribution is 7.89. The summed E-state index contributed by atoms with van der Waals surface area (Å²) in [4.78, 5) is 36.4. The Morgan fingerprint density at radius 3 is 1.82 bits per heavy atom. The normalized spacial score (nSPS) is 13.1. The highest BCUT2D eigenvalue weighted by atomic mass is 32.2. The lowest BCUT2D eigenvalue weighted by Gasteiger charge is -2.19. The van der Waals surface area contributed by atoms with Crippen molar-refractivity contribution in [3.8, 4) is 12.3 Å². The summed E-state index contributed by atoms with van der Waals surface area (Å²) in [6.45, 7) is 0.531. The molecule has 0 aromatic heterocycles. The topological polar surface area (TPSA) is 118 Å². The summed E-state index contributed by atoms with van der Waals surface area (Å²) < 4.78 is 27.2. The molecule has 0 radical (unpaired) electrons. The number of sulfonamides is 1. The zero-order chi connectivity index (χ0) is 28.3. The van der Waals surface area contributed by atoms with Gasteiger partial charge < -0.3 is 0 Å². The monoisotopic (exact) mass is 553 g/mol. The third-order valence-corrected chi connectivity index (χ3v) is 8.76. The number of unbranched alkanes of at least 4 members (excludes halogenated alkanes) is 9. The minimum atomic E-state index is -4.07. The number of hydrogen-bond donors (Lipinski definition) is 0. The molecule has 208 valence electrons. The predicted molar refractivity (Wildman–Crippen MR) is 149 cm³/mol. The quantitative estimate of drug-likeness (QED) is 0.0849. The summed E-state index contributed by atoms with van der Waals surface area (Å²) in [5.74, 6) is 1.95. The van der Waals surface area contributed by atoms with Gasteiger partial charge in [0.2, 0.25) is 0 Å². The van der Waals surface area contributed by atoms with Gasteiger partial charge in [0.1, 0.15) is 0 Å². The van der Waals surface area contributed by atoms with Gasteiger partial charge in [-0.15, -0.1) is 6.42 Å². The molecule has 0 atom stereocenters. The van der Waals surface area contributed by atoms with Crippen molar-refractivity contribution < 1.29 is 22.9 Å². The Labute approximate surface area is 230 Å². The fourth-order valence-corrected chi connectivity index (χ4v) is 6.32. The highest BCUT2D eigenvalue weighted by Gasteiger charge is 2.34. The Balaban J connectivity index is 1.27. The number of carbonyl (C=O) groups excluding carboxylic acids is 2. The molecule has 0 spiro atoms. The first kappa shape index (κ1) is 30.0. The second-order valence-corrected chi connectivity index (χ2v) is 11.5. The average Bonchev–Trinajstić information content (AvgIpc) is 3.17. The van der Waals surface area contributed by atoms with Crippen LogP contribution in [0.15, 0.2) is 53.4 Å². The van der Waals surface area contributed by atoms with Crippen molar-refractivity contribution in [3.63, 3.8) is 0 Å². The number of rotatable bonds is 17. The Kier molecular flexibility index (Phi) is 11.2. The van der Waals surface area contributed by atoms with Gasteiger partial charge in [0.15, 0.2) is 4.90 Å². The van der Waals surface area contributed by atoms with Crippen LogP contribution in [0.4, 0.5) is 5.69 Å². The fourth-order valence-electron chi connectivity index (χ4n) is 4.77. The van der Waals surface area contributed by atoms with Crippen molar-refractivity contribution in [1.29, 1.82) is 0 Å². The first-order chi connectivity index (χ1) is 18.8. The Hall–Kier alpha value is -3.55. The van der Waals surface area contributed by atoms with Crippen molar-refractivity contribution in [2.24, 2.45) is 0 Å². The number of nitro benzene ring substituents is 1. The molecule has 2 aromatic carbocycles. The fraction of sp³-hybridized carbons (Fsp3) is 0.448. The molecule has 0 unspecified atom stereocenters. The Morgan fingerprint density at radius 2 is 1.28 bits per heavy atom. The molecule has 10 heteroatoms. The van der Waals surface area contributed by atoms with Gasteiger partial charge in [-0.1, -0.05) is 81.6 Å². The second-order valence-electron chi connectivity index (χ2n) is 9.61. The molecule has 2 aromatic rings. The summed E-state index contributed by atoms with van der Waals surface area (Å²) in [5.41, 5.74) is 0.532. The number of carbonyl (C=O) groups is 2. The maximum absolute atomic E-state index is 13.0. The number of terminal acetylenes is 1. The van der Waals surface area contributed by atoms with Crippen LogP contribution in [0.2, 0.25) is 0 Å². The Morgan fingerprint density at radius 1 is 0.795 bits per heavy atom. The van der Waals surface area contributed by atoms with E-state index in [0.717, 1.165) is 62.1 Å².